The maximum atomic E-state index is 13.5. The third-order valence-corrected chi connectivity index (χ3v) is 22.2. The molecule has 1 amide bonds. The summed E-state index contributed by atoms with van der Waals surface area (Å²) in [6.07, 6.45) is 49.2. The molecule has 0 radical (unpaired) electrons. The molecule has 12 N–H and O–H groups in total. The molecule has 3 heterocycles. The molecule has 3 rings (SSSR count). The Morgan fingerprint density at radius 2 is 0.559 bits per heavy atom. The number of ether oxygens (including phenoxy) is 6. The second kappa shape index (κ2) is 64.6. The summed E-state index contributed by atoms with van der Waals surface area (Å²) in [4.78, 5) is 13.5. The minimum Gasteiger partial charge on any atom is -0.394 e. The maximum Gasteiger partial charge on any atom is 0.220 e. The minimum atomic E-state index is -1.97. The highest BCUT2D eigenvalue weighted by Crippen LogP contribution is 2.34. The predicted molar refractivity (Wildman–Crippen MR) is 407 cm³/mol. The third kappa shape index (κ3) is 43.8. The predicted octanol–water partition coefficient (Wildman–Crippen LogP) is 15.4. The number of aliphatic hydroxyl groups excluding tert-OH is 11. The van der Waals surface area contributed by atoms with Crippen LogP contribution in [0.25, 0.3) is 0 Å². The quantitative estimate of drug-likeness (QED) is 0.0252. The molecule has 0 aliphatic carbocycles. The highest BCUT2D eigenvalue weighted by Gasteiger charge is 2.54. The molecule has 102 heavy (non-hydrogen) atoms. The molecule has 19 heteroatoms. The number of amides is 1. The van der Waals surface area contributed by atoms with E-state index in [9.17, 15) is 61.0 Å². The number of unbranched alkanes of at least 4 members (excludes halogenated alkanes) is 55. The molecule has 0 aromatic carbocycles. The Morgan fingerprint density at radius 3 is 0.853 bits per heavy atom. The third-order valence-electron chi connectivity index (χ3n) is 22.2. The van der Waals surface area contributed by atoms with Gasteiger partial charge >= 0.3 is 0 Å². The Bertz CT molecular complexity index is 1840. The van der Waals surface area contributed by atoms with Gasteiger partial charge in [-0.15, -0.1) is 0 Å². The molecule has 606 valence electrons. The summed E-state index contributed by atoms with van der Waals surface area (Å²) in [6.45, 7) is 1.89. The highest BCUT2D eigenvalue weighted by atomic mass is 16.8. The minimum absolute atomic E-state index is 0.231. The zero-order valence-corrected chi connectivity index (χ0v) is 65.1. The molecule has 3 aliphatic rings. The zero-order valence-electron chi connectivity index (χ0n) is 65.1. The van der Waals surface area contributed by atoms with E-state index >= 15 is 0 Å². The van der Waals surface area contributed by atoms with Gasteiger partial charge in [-0.2, -0.15) is 0 Å². The van der Waals surface area contributed by atoms with E-state index in [4.69, 9.17) is 28.4 Å². The molecule has 3 aliphatic heterocycles. The van der Waals surface area contributed by atoms with Crippen LogP contribution >= 0.6 is 0 Å². The number of nitrogens with one attached hydrogen (secondary N) is 1. The van der Waals surface area contributed by atoms with Gasteiger partial charge in [0.15, 0.2) is 18.9 Å². The first kappa shape index (κ1) is 95.0. The first-order valence-corrected chi connectivity index (χ1v) is 43.3. The van der Waals surface area contributed by atoms with Crippen LogP contribution in [-0.2, 0) is 33.2 Å². The SMILES string of the molecule is CCCCCCCCCCCCCCCCCCCCCCCCCCCCCCCCCC(=O)NC(COC1OC(CO)C(OC2OC(CO)C(OC3OC(CO)C(O)C(O)C3O)C(O)C2O)C(O)C1O)C(O)CCCCCCCCCCCCCCCCCCCCCCCCCCCC. The largest absolute Gasteiger partial charge is 0.394 e. The van der Waals surface area contributed by atoms with Gasteiger partial charge in [0, 0.05) is 6.42 Å². The molecule has 0 saturated carbocycles. The van der Waals surface area contributed by atoms with E-state index in [-0.39, 0.29) is 18.9 Å². The molecule has 17 unspecified atom stereocenters. The van der Waals surface area contributed by atoms with Crippen LogP contribution < -0.4 is 5.32 Å². The summed E-state index contributed by atoms with van der Waals surface area (Å²) >= 11 is 0. The van der Waals surface area contributed by atoms with Gasteiger partial charge in [-0.1, -0.05) is 373 Å². The monoisotopic (exact) mass is 1460 g/mol. The molecule has 0 aromatic rings. The van der Waals surface area contributed by atoms with E-state index in [2.05, 4.69) is 19.2 Å². The highest BCUT2D eigenvalue weighted by molar-refractivity contribution is 5.76. The lowest BCUT2D eigenvalue weighted by Gasteiger charge is -2.48. The van der Waals surface area contributed by atoms with Crippen molar-refractivity contribution in [2.75, 3.05) is 26.4 Å². The number of hydrogen-bond acceptors (Lipinski definition) is 18. The van der Waals surface area contributed by atoms with Crippen LogP contribution in [0.1, 0.15) is 393 Å². The fourth-order valence-electron chi connectivity index (χ4n) is 15.3. The van der Waals surface area contributed by atoms with Crippen molar-refractivity contribution in [2.45, 2.75) is 497 Å². The van der Waals surface area contributed by atoms with E-state index in [1.807, 2.05) is 0 Å². The lowest BCUT2D eigenvalue weighted by Crippen LogP contribution is -2.66. The summed E-state index contributed by atoms with van der Waals surface area (Å²) in [5, 5.41) is 121. The van der Waals surface area contributed by atoms with Gasteiger partial charge in [-0.05, 0) is 12.8 Å². The second-order valence-electron chi connectivity index (χ2n) is 31.4. The zero-order chi connectivity index (χ0) is 73.9. The van der Waals surface area contributed by atoms with Gasteiger partial charge in [0.1, 0.15) is 73.2 Å². The average molecular weight is 1460 g/mol. The molecule has 0 aromatic heterocycles. The molecular weight excluding hydrogens is 1300 g/mol. The van der Waals surface area contributed by atoms with E-state index in [0.717, 1.165) is 44.9 Å². The summed E-state index contributed by atoms with van der Waals surface area (Å²) in [7, 11) is 0. The van der Waals surface area contributed by atoms with E-state index < -0.39 is 124 Å². The Kier molecular flexibility index (Phi) is 60.2. The van der Waals surface area contributed by atoms with Crippen molar-refractivity contribution in [1.29, 1.82) is 0 Å². The van der Waals surface area contributed by atoms with Gasteiger partial charge in [0.05, 0.1) is 38.6 Å². The van der Waals surface area contributed by atoms with Crippen molar-refractivity contribution in [2.24, 2.45) is 0 Å². The fourth-order valence-corrected chi connectivity index (χ4v) is 15.3. The molecule has 0 spiro atoms. The number of aliphatic hydroxyl groups is 11. The first-order valence-electron chi connectivity index (χ1n) is 43.3. The topological polar surface area (TPSA) is 307 Å². The Morgan fingerprint density at radius 1 is 0.314 bits per heavy atom. The smallest absolute Gasteiger partial charge is 0.220 e. The fraction of sp³-hybridized carbons (Fsp3) is 0.988. The van der Waals surface area contributed by atoms with Crippen molar-refractivity contribution >= 4 is 5.91 Å². The van der Waals surface area contributed by atoms with E-state index in [1.54, 1.807) is 0 Å². The van der Waals surface area contributed by atoms with Crippen LogP contribution in [0.2, 0.25) is 0 Å². The lowest BCUT2D eigenvalue weighted by molar-refractivity contribution is -0.379. The van der Waals surface area contributed by atoms with Crippen LogP contribution in [0.3, 0.4) is 0 Å². The van der Waals surface area contributed by atoms with Gasteiger partial charge < -0.3 is 89.9 Å². The average Bonchev–Trinajstić information content (AvgIpc) is 0.781. The van der Waals surface area contributed by atoms with Crippen molar-refractivity contribution in [1.82, 2.24) is 5.32 Å². The number of carbonyl (C=O) groups excluding carboxylic acids is 1. The first-order chi connectivity index (χ1) is 49.8. The van der Waals surface area contributed by atoms with Gasteiger partial charge in [-0.3, -0.25) is 4.79 Å². The Labute approximate surface area is 621 Å². The van der Waals surface area contributed by atoms with Crippen LogP contribution in [-0.4, -0.2) is 193 Å². The lowest BCUT2D eigenvalue weighted by atomic mass is 9.96. The van der Waals surface area contributed by atoms with Crippen molar-refractivity contribution in [3.63, 3.8) is 0 Å². The number of rotatable bonds is 71. The molecule has 0 bridgehead atoms. The summed E-state index contributed by atoms with van der Waals surface area (Å²) in [5.74, 6) is -0.231. The van der Waals surface area contributed by atoms with Crippen molar-refractivity contribution < 1.29 is 89.4 Å². The Hall–Kier alpha value is -1.21. The van der Waals surface area contributed by atoms with E-state index in [0.29, 0.717) is 12.8 Å². The van der Waals surface area contributed by atoms with Crippen molar-refractivity contribution in [3.05, 3.63) is 0 Å². The normalized spacial score (nSPS) is 26.1. The van der Waals surface area contributed by atoms with Crippen LogP contribution in [0.4, 0.5) is 0 Å². The maximum absolute atomic E-state index is 13.5. The van der Waals surface area contributed by atoms with Gasteiger partial charge in [0.2, 0.25) is 5.91 Å². The molecule has 3 fully saturated rings. The number of hydrogen-bond donors (Lipinski definition) is 12. The summed E-state index contributed by atoms with van der Waals surface area (Å²) in [6, 6.07) is -0.884. The summed E-state index contributed by atoms with van der Waals surface area (Å²) in [5.41, 5.74) is 0. The Balaban J connectivity index is 1.33. The molecular formula is C83H161NO18. The second-order valence-corrected chi connectivity index (χ2v) is 31.4. The van der Waals surface area contributed by atoms with Crippen molar-refractivity contribution in [3.8, 4) is 0 Å². The van der Waals surface area contributed by atoms with Crippen LogP contribution in [0.5, 0.6) is 0 Å². The number of carbonyl (C=O) groups is 1. The van der Waals surface area contributed by atoms with Crippen LogP contribution in [0, 0.1) is 0 Å². The molecule has 17 atom stereocenters. The van der Waals surface area contributed by atoms with Crippen LogP contribution in [0.15, 0.2) is 0 Å². The molecule has 3 saturated heterocycles. The van der Waals surface area contributed by atoms with Gasteiger partial charge in [-0.25, -0.2) is 0 Å². The van der Waals surface area contributed by atoms with E-state index in [1.165, 1.54) is 315 Å². The van der Waals surface area contributed by atoms with Gasteiger partial charge in [0.25, 0.3) is 0 Å². The summed E-state index contributed by atoms with van der Waals surface area (Å²) < 4.78 is 34.6. The molecule has 19 nitrogen and oxygen atoms in total. The standard InChI is InChI=1S/C83H161NO18/c1-3-5-7-9-11-13-15-17-19-21-23-25-27-29-31-32-33-34-35-37-39-41-43-45-47-49-51-53-55-57-59-61-71(89)84-66(67(88)60-58-56-54-52-50-48-46-44-42-40-38-36-30-28-26-24-22-20-18-16-14-12-10-8-6-4-2)65-97-81-77(95)74(92)79(69(63-86)99-81)102-83-78(96)75(93)80(70(64-87)100-83)101-82-76(94)73(91)72(90)68(62-85)98-82/h66-70,72-83,85-88,90-96H,3-65H2,1-2H3,(H,84,89).